The lowest BCUT2D eigenvalue weighted by molar-refractivity contribution is -0.0382. The van der Waals surface area contributed by atoms with Crippen molar-refractivity contribution in [3.63, 3.8) is 0 Å². The molecule has 7 heteroatoms. The van der Waals surface area contributed by atoms with Gasteiger partial charge in [-0.05, 0) is 17.7 Å². The molecule has 0 saturated carbocycles. The van der Waals surface area contributed by atoms with E-state index < -0.39 is 6.23 Å². The van der Waals surface area contributed by atoms with E-state index in [1.807, 2.05) is 30.3 Å². The summed E-state index contributed by atoms with van der Waals surface area (Å²) in [5.41, 5.74) is 2.06. The fourth-order valence-corrected chi connectivity index (χ4v) is 3.51. The summed E-state index contributed by atoms with van der Waals surface area (Å²) in [7, 11) is 1.69. The summed E-state index contributed by atoms with van der Waals surface area (Å²) in [4.78, 5) is 28.7. The van der Waals surface area contributed by atoms with Gasteiger partial charge in [0.25, 0.3) is 5.91 Å². The standard InChI is InChI=1S/C19H20N4O3/c1-21-14(11-20-19(21)26)10-16-18(25)23(12-13-6-3-2-4-7-13)17(24)15-8-5-9-22(15)16/h2-9,11,16,18,25H,10,12H2,1H3,(H,20,26)/t16-,18-/m1/s1. The molecule has 3 heterocycles. The molecule has 0 aliphatic carbocycles. The Hall–Kier alpha value is -3.06. The van der Waals surface area contributed by atoms with Crippen LogP contribution >= 0.6 is 0 Å². The largest absolute Gasteiger partial charge is 0.371 e. The molecular formula is C19H20N4O3. The van der Waals surface area contributed by atoms with E-state index in [9.17, 15) is 14.7 Å². The molecular weight excluding hydrogens is 332 g/mol. The zero-order chi connectivity index (χ0) is 18.3. The number of aromatic amines is 1. The predicted molar refractivity (Wildman–Crippen MR) is 95.5 cm³/mol. The molecule has 134 valence electrons. The lowest BCUT2D eigenvalue weighted by Crippen LogP contribution is -2.50. The third-order valence-corrected chi connectivity index (χ3v) is 4.99. The summed E-state index contributed by atoms with van der Waals surface area (Å²) in [6.45, 7) is 0.328. The SMILES string of the molecule is Cn1c(C[C@@H]2[C@@H](O)N(Cc3ccccc3)C(=O)c3cccn32)c[nH]c1=O. The lowest BCUT2D eigenvalue weighted by atomic mass is 10.0. The smallest absolute Gasteiger partial charge is 0.325 e. The third-order valence-electron chi connectivity index (χ3n) is 4.99. The Bertz CT molecular complexity index is 986. The van der Waals surface area contributed by atoms with Crippen LogP contribution in [0.3, 0.4) is 0 Å². The van der Waals surface area contributed by atoms with Gasteiger partial charge < -0.3 is 19.6 Å². The number of hydrogen-bond acceptors (Lipinski definition) is 3. The number of carbonyl (C=O) groups excluding carboxylic acids is 1. The van der Waals surface area contributed by atoms with Crippen LogP contribution in [-0.4, -0.2) is 36.3 Å². The highest BCUT2D eigenvalue weighted by Crippen LogP contribution is 2.30. The van der Waals surface area contributed by atoms with Crippen LogP contribution in [0.25, 0.3) is 0 Å². The quantitative estimate of drug-likeness (QED) is 0.742. The molecule has 4 rings (SSSR count). The van der Waals surface area contributed by atoms with Crippen molar-refractivity contribution >= 4 is 5.91 Å². The number of nitrogens with one attached hydrogen (secondary N) is 1. The summed E-state index contributed by atoms with van der Waals surface area (Å²) in [6, 6.07) is 12.8. The molecule has 3 aromatic rings. The molecule has 1 amide bonds. The first-order valence-corrected chi connectivity index (χ1v) is 8.49. The molecule has 2 atom stereocenters. The second kappa shape index (κ2) is 6.34. The minimum Gasteiger partial charge on any atom is -0.371 e. The summed E-state index contributed by atoms with van der Waals surface area (Å²) in [6.07, 6.45) is 2.88. The predicted octanol–water partition coefficient (Wildman–Crippen LogP) is 1.27. The highest BCUT2D eigenvalue weighted by atomic mass is 16.3. The number of aromatic nitrogens is 3. The fraction of sp³-hybridized carbons (Fsp3) is 0.263. The topological polar surface area (TPSA) is 83.3 Å². The van der Waals surface area contributed by atoms with Gasteiger partial charge in [0.15, 0.2) is 6.23 Å². The third kappa shape index (κ3) is 2.66. The van der Waals surface area contributed by atoms with Crippen LogP contribution in [0.4, 0.5) is 0 Å². The van der Waals surface area contributed by atoms with Gasteiger partial charge in [-0.2, -0.15) is 0 Å². The summed E-state index contributed by atoms with van der Waals surface area (Å²) in [5.74, 6) is -0.203. The number of nitrogens with zero attached hydrogens (tertiary/aromatic N) is 3. The van der Waals surface area contributed by atoms with Gasteiger partial charge in [0.1, 0.15) is 5.69 Å². The van der Waals surface area contributed by atoms with E-state index in [0.717, 1.165) is 11.3 Å². The molecule has 0 spiro atoms. The Morgan fingerprint density at radius 1 is 1.12 bits per heavy atom. The zero-order valence-electron chi connectivity index (χ0n) is 14.4. The van der Waals surface area contributed by atoms with Crippen LogP contribution in [-0.2, 0) is 20.0 Å². The first-order valence-electron chi connectivity index (χ1n) is 8.49. The van der Waals surface area contributed by atoms with Gasteiger partial charge in [-0.1, -0.05) is 30.3 Å². The van der Waals surface area contributed by atoms with Gasteiger partial charge >= 0.3 is 5.69 Å². The lowest BCUT2D eigenvalue weighted by Gasteiger charge is -2.39. The minimum atomic E-state index is -0.993. The van der Waals surface area contributed by atoms with E-state index in [1.165, 1.54) is 9.47 Å². The summed E-state index contributed by atoms with van der Waals surface area (Å²) < 4.78 is 3.32. The molecule has 1 aromatic carbocycles. The van der Waals surface area contributed by atoms with Gasteiger partial charge in [-0.25, -0.2) is 4.79 Å². The molecule has 26 heavy (non-hydrogen) atoms. The molecule has 0 unspecified atom stereocenters. The van der Waals surface area contributed by atoms with Crippen molar-refractivity contribution in [2.24, 2.45) is 7.05 Å². The van der Waals surface area contributed by atoms with Gasteiger partial charge in [-0.3, -0.25) is 9.36 Å². The van der Waals surface area contributed by atoms with Crippen molar-refractivity contribution in [2.45, 2.75) is 25.2 Å². The average Bonchev–Trinajstić information content (AvgIpc) is 3.25. The number of H-pyrrole nitrogens is 1. The summed E-state index contributed by atoms with van der Waals surface area (Å²) in [5, 5.41) is 11.0. The molecule has 2 N–H and O–H groups in total. The Balaban J connectivity index is 1.69. The van der Waals surface area contributed by atoms with Crippen LogP contribution in [0.5, 0.6) is 0 Å². The maximum absolute atomic E-state index is 12.8. The number of fused-ring (bicyclic) bond motifs is 1. The van der Waals surface area contributed by atoms with Gasteiger partial charge in [0, 0.05) is 38.1 Å². The van der Waals surface area contributed by atoms with Crippen LogP contribution in [0.1, 0.15) is 27.8 Å². The number of amides is 1. The molecule has 0 radical (unpaired) electrons. The molecule has 1 aliphatic heterocycles. The van der Waals surface area contributed by atoms with E-state index in [0.29, 0.717) is 18.7 Å². The molecule has 0 saturated heterocycles. The Morgan fingerprint density at radius 2 is 1.88 bits per heavy atom. The zero-order valence-corrected chi connectivity index (χ0v) is 14.4. The van der Waals surface area contributed by atoms with E-state index in [4.69, 9.17) is 0 Å². The van der Waals surface area contributed by atoms with Crippen molar-refractivity contribution in [3.8, 4) is 0 Å². The van der Waals surface area contributed by atoms with Gasteiger partial charge in [0.05, 0.1) is 6.04 Å². The van der Waals surface area contributed by atoms with E-state index >= 15 is 0 Å². The first-order chi connectivity index (χ1) is 12.6. The van der Waals surface area contributed by atoms with Crippen molar-refractivity contribution in [1.82, 2.24) is 19.0 Å². The Kier molecular flexibility index (Phi) is 4.00. The maximum Gasteiger partial charge on any atom is 0.325 e. The molecule has 0 bridgehead atoms. The number of carbonyl (C=O) groups is 1. The summed E-state index contributed by atoms with van der Waals surface area (Å²) >= 11 is 0. The van der Waals surface area contributed by atoms with Crippen molar-refractivity contribution in [1.29, 1.82) is 0 Å². The highest BCUT2D eigenvalue weighted by Gasteiger charge is 2.38. The fourth-order valence-electron chi connectivity index (χ4n) is 3.51. The second-order valence-electron chi connectivity index (χ2n) is 6.55. The van der Waals surface area contributed by atoms with Crippen LogP contribution in [0.15, 0.2) is 59.7 Å². The molecule has 2 aromatic heterocycles. The van der Waals surface area contributed by atoms with E-state index in [-0.39, 0.29) is 17.6 Å². The van der Waals surface area contributed by atoms with E-state index in [2.05, 4.69) is 4.98 Å². The van der Waals surface area contributed by atoms with Crippen LogP contribution in [0, 0.1) is 0 Å². The number of aliphatic hydroxyl groups excluding tert-OH is 1. The van der Waals surface area contributed by atoms with Crippen molar-refractivity contribution in [2.75, 3.05) is 0 Å². The molecule has 0 fully saturated rings. The second-order valence-corrected chi connectivity index (χ2v) is 6.55. The number of rotatable bonds is 4. The van der Waals surface area contributed by atoms with E-state index in [1.54, 1.807) is 36.1 Å². The van der Waals surface area contributed by atoms with Crippen LogP contribution in [0.2, 0.25) is 0 Å². The molecule has 7 nitrogen and oxygen atoms in total. The Labute approximate surface area is 150 Å². The number of aliphatic hydroxyl groups is 1. The number of benzene rings is 1. The van der Waals surface area contributed by atoms with Crippen molar-refractivity contribution in [3.05, 3.63) is 82.3 Å². The molecule has 1 aliphatic rings. The van der Waals surface area contributed by atoms with Gasteiger partial charge in [-0.15, -0.1) is 0 Å². The van der Waals surface area contributed by atoms with Crippen LogP contribution < -0.4 is 5.69 Å². The maximum atomic E-state index is 12.8. The van der Waals surface area contributed by atoms with Gasteiger partial charge in [0.2, 0.25) is 0 Å². The Morgan fingerprint density at radius 3 is 2.58 bits per heavy atom. The number of hydrogen-bond donors (Lipinski definition) is 2. The monoisotopic (exact) mass is 352 g/mol. The average molecular weight is 352 g/mol. The number of imidazole rings is 1. The first kappa shape index (κ1) is 16.4. The highest BCUT2D eigenvalue weighted by molar-refractivity contribution is 5.93. The van der Waals surface area contributed by atoms with Crippen molar-refractivity contribution < 1.29 is 9.90 Å². The minimum absolute atomic E-state index is 0.199. The normalized spacial score (nSPS) is 19.6.